The molecule has 1 N–H and O–H groups in total. The summed E-state index contributed by atoms with van der Waals surface area (Å²) >= 11 is -0.369. The summed E-state index contributed by atoms with van der Waals surface area (Å²) in [5.41, 5.74) is -5.59. The summed E-state index contributed by atoms with van der Waals surface area (Å²) in [5.74, 6) is 1.33. The largest absolute Gasteiger partial charge is 0.461 e. The molecule has 9 heteroatoms. The number of rotatable bonds is 8. The molecule has 0 saturated heterocycles. The Labute approximate surface area is 211 Å². The first-order valence-corrected chi connectivity index (χ1v) is 14.1. The van der Waals surface area contributed by atoms with Gasteiger partial charge in [0.05, 0.1) is 10.8 Å². The Balaban J connectivity index is 1.38. The van der Waals surface area contributed by atoms with Gasteiger partial charge in [0.1, 0.15) is 12.7 Å². The summed E-state index contributed by atoms with van der Waals surface area (Å²) < 4.78 is 51.8. The van der Waals surface area contributed by atoms with Crippen LogP contribution in [-0.2, 0) is 19.1 Å². The fraction of sp³-hybridized carbons (Fsp3) is 0.923. The van der Waals surface area contributed by atoms with Gasteiger partial charge in [-0.15, -0.1) is 0 Å². The third-order valence-electron chi connectivity index (χ3n) is 8.89. The molecule has 4 rings (SSSR count). The van der Waals surface area contributed by atoms with Gasteiger partial charge in [-0.3, -0.25) is 14.3 Å². The van der Waals surface area contributed by atoms with E-state index in [1.54, 1.807) is 0 Å². The number of alkyl halides is 3. The van der Waals surface area contributed by atoms with E-state index < -0.39 is 22.4 Å². The summed E-state index contributed by atoms with van der Waals surface area (Å²) in [6, 6.07) is 0. The molecule has 6 atom stereocenters. The lowest BCUT2D eigenvalue weighted by atomic mass is 9.59. The van der Waals surface area contributed by atoms with Gasteiger partial charge >= 0.3 is 17.4 Å². The van der Waals surface area contributed by atoms with Gasteiger partial charge in [0.25, 0.3) is 0 Å². The van der Waals surface area contributed by atoms with Crippen LogP contribution >= 0.6 is 11.9 Å². The van der Waals surface area contributed by atoms with Gasteiger partial charge in [-0.1, -0.05) is 39.0 Å². The minimum Gasteiger partial charge on any atom is -0.461 e. The Morgan fingerprint density at radius 1 is 1.00 bits per heavy atom. The molecule has 4 saturated carbocycles. The Bertz CT molecular complexity index is 762. The highest BCUT2D eigenvalue weighted by atomic mass is 32.2. The molecule has 0 heterocycles. The average Bonchev–Trinajstić information content (AvgIpc) is 2.75. The van der Waals surface area contributed by atoms with Crippen molar-refractivity contribution < 1.29 is 32.2 Å². The lowest BCUT2D eigenvalue weighted by Crippen LogP contribution is -2.46. The molecule has 4 bridgehead atoms. The highest BCUT2D eigenvalue weighted by Gasteiger charge is 2.49. The minimum atomic E-state index is -4.45. The van der Waals surface area contributed by atoms with Crippen molar-refractivity contribution in [3.8, 4) is 0 Å². The predicted molar refractivity (Wildman–Crippen MR) is 128 cm³/mol. The Kier molecular flexibility index (Phi) is 8.36. The zero-order valence-corrected chi connectivity index (χ0v) is 21.8. The van der Waals surface area contributed by atoms with Crippen molar-refractivity contribution in [1.29, 1.82) is 0 Å². The van der Waals surface area contributed by atoms with Gasteiger partial charge in [-0.25, -0.2) is 0 Å². The number of hydrogen-bond acceptors (Lipinski definition) is 6. The first-order valence-electron chi connectivity index (χ1n) is 13.3. The molecule has 0 amide bonds. The van der Waals surface area contributed by atoms with Crippen molar-refractivity contribution in [3.63, 3.8) is 0 Å². The fourth-order valence-electron chi connectivity index (χ4n) is 7.72. The number of esters is 2. The second kappa shape index (κ2) is 10.8. The van der Waals surface area contributed by atoms with Crippen LogP contribution in [0.4, 0.5) is 13.2 Å². The highest BCUT2D eigenvalue weighted by Crippen LogP contribution is 2.52. The second-order valence-electron chi connectivity index (χ2n) is 12.2. The summed E-state index contributed by atoms with van der Waals surface area (Å²) in [6.45, 7) is 3.63. The summed E-state index contributed by atoms with van der Waals surface area (Å²) in [7, 11) is 0. The maximum atomic E-state index is 13.3. The monoisotopic (exact) mass is 519 g/mol. The summed E-state index contributed by atoms with van der Waals surface area (Å²) in [6.07, 6.45) is 10.8. The normalized spacial score (nSPS) is 37.9. The van der Waals surface area contributed by atoms with Gasteiger partial charge < -0.3 is 9.47 Å². The first-order chi connectivity index (χ1) is 16.5. The molecule has 5 nitrogen and oxygen atoms in total. The SMILES string of the molecule is C[C@@H]1CC2CCCC(C(=O)OCC(CNSC(F)(F)F)OC(=O)C3(C)CC4CCCC(C4)C3)(C2)C1. The van der Waals surface area contributed by atoms with Crippen LogP contribution in [0.5, 0.6) is 0 Å². The molecule has 0 aromatic rings. The maximum Gasteiger partial charge on any atom is 0.456 e. The van der Waals surface area contributed by atoms with Gasteiger partial charge in [0, 0.05) is 18.5 Å². The molecular weight excluding hydrogens is 479 g/mol. The third-order valence-corrected chi connectivity index (χ3v) is 9.43. The van der Waals surface area contributed by atoms with Crippen LogP contribution < -0.4 is 4.72 Å². The number of hydrogen-bond donors (Lipinski definition) is 1. The van der Waals surface area contributed by atoms with Crippen LogP contribution in [0.3, 0.4) is 0 Å². The van der Waals surface area contributed by atoms with E-state index in [0.29, 0.717) is 23.7 Å². The molecule has 4 aliphatic carbocycles. The first kappa shape index (κ1) is 27.1. The summed E-state index contributed by atoms with van der Waals surface area (Å²) in [4.78, 5) is 26.5. The van der Waals surface area contributed by atoms with Gasteiger partial charge in [-0.2, -0.15) is 13.2 Å². The number of fused-ring (bicyclic) bond motifs is 4. The van der Waals surface area contributed by atoms with Crippen molar-refractivity contribution in [2.24, 2.45) is 34.5 Å². The van der Waals surface area contributed by atoms with Gasteiger partial charge in [0.2, 0.25) is 0 Å². The molecule has 0 spiro atoms. The van der Waals surface area contributed by atoms with Crippen molar-refractivity contribution in [2.75, 3.05) is 13.2 Å². The number of carbonyl (C=O) groups excluding carboxylic acids is 2. The van der Waals surface area contributed by atoms with E-state index in [9.17, 15) is 22.8 Å². The number of nitrogens with one attached hydrogen (secondary N) is 1. The van der Waals surface area contributed by atoms with Crippen LogP contribution in [0.1, 0.15) is 90.9 Å². The van der Waals surface area contributed by atoms with Crippen LogP contribution in [0.15, 0.2) is 0 Å². The number of ether oxygens (including phenoxy) is 2. The predicted octanol–water partition coefficient (Wildman–Crippen LogP) is 6.41. The zero-order chi connectivity index (χ0) is 25.3. The van der Waals surface area contributed by atoms with E-state index in [2.05, 4.69) is 11.6 Å². The molecule has 0 aliphatic heterocycles. The zero-order valence-electron chi connectivity index (χ0n) is 21.0. The summed E-state index contributed by atoms with van der Waals surface area (Å²) in [5, 5.41) is 0. The average molecular weight is 520 g/mol. The Morgan fingerprint density at radius 3 is 2.34 bits per heavy atom. The quantitative estimate of drug-likeness (QED) is 0.295. The second-order valence-corrected chi connectivity index (χ2v) is 13.1. The lowest BCUT2D eigenvalue weighted by molar-refractivity contribution is -0.177. The van der Waals surface area contributed by atoms with E-state index in [0.717, 1.165) is 70.6 Å². The van der Waals surface area contributed by atoms with E-state index in [1.807, 2.05) is 6.92 Å². The Morgan fingerprint density at radius 2 is 1.66 bits per heavy atom. The standard InChI is InChI=1S/C26H40F3NO4S/c1-17-9-18-7-4-8-25(11-17,14-18)23(32)33-16-21(15-30-35-26(27,28)29)34-22(31)24(2)12-19-5-3-6-20(10-19)13-24/h17-21,30H,3-16H2,1-2H3/t17-,18?,19?,20?,21?,24?,25?/m1/s1. The van der Waals surface area contributed by atoms with Crippen LogP contribution in [0.2, 0.25) is 0 Å². The van der Waals surface area contributed by atoms with Crippen molar-refractivity contribution >= 4 is 23.9 Å². The molecule has 200 valence electrons. The van der Waals surface area contributed by atoms with Crippen LogP contribution in [0, 0.1) is 34.5 Å². The molecule has 5 unspecified atom stereocenters. The molecule has 0 radical (unpaired) electrons. The topological polar surface area (TPSA) is 64.6 Å². The van der Waals surface area contributed by atoms with E-state index in [4.69, 9.17) is 9.47 Å². The van der Waals surface area contributed by atoms with Crippen LogP contribution in [-0.4, -0.2) is 36.7 Å². The van der Waals surface area contributed by atoms with Gasteiger partial charge in [0.15, 0.2) is 0 Å². The molecule has 0 aromatic heterocycles. The molecule has 0 aromatic carbocycles. The maximum absolute atomic E-state index is 13.3. The van der Waals surface area contributed by atoms with E-state index in [-0.39, 0.29) is 37.0 Å². The van der Waals surface area contributed by atoms with Crippen molar-refractivity contribution in [2.45, 2.75) is 103 Å². The third kappa shape index (κ3) is 6.88. The molecule has 35 heavy (non-hydrogen) atoms. The van der Waals surface area contributed by atoms with E-state index >= 15 is 0 Å². The van der Waals surface area contributed by atoms with Gasteiger partial charge in [-0.05, 0) is 75.5 Å². The molecule has 4 aliphatic rings. The highest BCUT2D eigenvalue weighted by molar-refractivity contribution is 7.98. The van der Waals surface area contributed by atoms with Crippen molar-refractivity contribution in [1.82, 2.24) is 4.72 Å². The fourth-order valence-corrected chi connectivity index (χ4v) is 8.16. The Hall–Kier alpha value is -0.960. The number of carbonyl (C=O) groups is 2. The van der Waals surface area contributed by atoms with Crippen molar-refractivity contribution in [3.05, 3.63) is 0 Å². The lowest BCUT2D eigenvalue weighted by Gasteiger charge is -2.46. The minimum absolute atomic E-state index is 0.222. The van der Waals surface area contributed by atoms with Crippen LogP contribution in [0.25, 0.3) is 0 Å². The van der Waals surface area contributed by atoms with E-state index in [1.165, 1.54) is 6.42 Å². The number of halogens is 3. The molecule has 4 fully saturated rings. The molecular formula is C26H40F3NO4S. The smallest absolute Gasteiger partial charge is 0.456 e.